The summed E-state index contributed by atoms with van der Waals surface area (Å²) in [4.78, 5) is 12.0. The molecule has 0 radical (unpaired) electrons. The molecule has 0 aliphatic rings. The van der Waals surface area contributed by atoms with Gasteiger partial charge in [-0.3, -0.25) is 4.79 Å². The first-order valence-electron chi connectivity index (χ1n) is 7.45. The lowest BCUT2D eigenvalue weighted by Gasteiger charge is -2.13. The van der Waals surface area contributed by atoms with Crippen molar-refractivity contribution in [2.24, 2.45) is 11.7 Å². The number of anilines is 1. The van der Waals surface area contributed by atoms with Gasteiger partial charge in [0.1, 0.15) is 0 Å². The molecule has 5 nitrogen and oxygen atoms in total. The molecule has 2 rings (SSSR count). The molecule has 1 atom stereocenters. The van der Waals surface area contributed by atoms with Gasteiger partial charge in [-0.25, -0.2) is 4.68 Å². The Hall–Kier alpha value is -2.06. The maximum absolute atomic E-state index is 12.8. The molecule has 0 spiro atoms. The number of alkyl halides is 3. The van der Waals surface area contributed by atoms with Crippen molar-refractivity contribution >= 4 is 24.0 Å². The molecule has 3 N–H and O–H groups in total. The smallest absolute Gasteiger partial charge is 0.322 e. The van der Waals surface area contributed by atoms with Gasteiger partial charge in [-0.1, -0.05) is 19.9 Å². The Labute approximate surface area is 149 Å². The molecule has 2 aromatic rings. The van der Waals surface area contributed by atoms with Crippen molar-refractivity contribution in [1.82, 2.24) is 9.78 Å². The van der Waals surface area contributed by atoms with E-state index >= 15 is 0 Å². The van der Waals surface area contributed by atoms with Gasteiger partial charge in [0.15, 0.2) is 0 Å². The number of rotatable bonds is 5. The number of hydrogen-bond acceptors (Lipinski definition) is 3. The average molecular weight is 377 g/mol. The monoisotopic (exact) mass is 376 g/mol. The van der Waals surface area contributed by atoms with Crippen LogP contribution in [0.25, 0.3) is 5.69 Å². The molecule has 0 fully saturated rings. The van der Waals surface area contributed by atoms with Crippen molar-refractivity contribution in [1.29, 1.82) is 0 Å². The van der Waals surface area contributed by atoms with Crippen molar-refractivity contribution in [3.63, 3.8) is 0 Å². The van der Waals surface area contributed by atoms with E-state index < -0.39 is 17.8 Å². The summed E-state index contributed by atoms with van der Waals surface area (Å²) in [7, 11) is 0. The van der Waals surface area contributed by atoms with E-state index in [2.05, 4.69) is 10.4 Å². The normalized spacial score (nSPS) is 12.6. The molecule has 1 amide bonds. The SMILES string of the molecule is CC(C)C[C@H](N)C(=O)Nc1cnn(-c2cccc(C(F)(F)F)c2)c1.Cl. The molecule has 0 aliphatic heterocycles. The van der Waals surface area contributed by atoms with Crippen molar-refractivity contribution in [3.8, 4) is 5.69 Å². The summed E-state index contributed by atoms with van der Waals surface area (Å²) >= 11 is 0. The third-order valence-electron chi connectivity index (χ3n) is 3.35. The van der Waals surface area contributed by atoms with Crippen LogP contribution in [-0.2, 0) is 11.0 Å². The number of halogens is 4. The van der Waals surface area contributed by atoms with Crippen LogP contribution < -0.4 is 11.1 Å². The predicted octanol–water partition coefficient (Wildman–Crippen LogP) is 3.62. The molecule has 0 unspecified atom stereocenters. The minimum absolute atomic E-state index is 0. The second-order valence-electron chi connectivity index (χ2n) is 5.95. The average Bonchev–Trinajstić information content (AvgIpc) is 2.94. The van der Waals surface area contributed by atoms with E-state index in [0.717, 1.165) is 12.1 Å². The summed E-state index contributed by atoms with van der Waals surface area (Å²) in [6.45, 7) is 3.91. The van der Waals surface area contributed by atoms with Crippen molar-refractivity contribution in [2.75, 3.05) is 5.32 Å². The highest BCUT2D eigenvalue weighted by atomic mass is 35.5. The van der Waals surface area contributed by atoms with Crippen molar-refractivity contribution in [2.45, 2.75) is 32.5 Å². The molecule has 0 saturated heterocycles. The number of aromatic nitrogens is 2. The van der Waals surface area contributed by atoms with E-state index in [-0.39, 0.29) is 29.9 Å². The number of benzene rings is 1. The first-order chi connectivity index (χ1) is 11.2. The standard InChI is InChI=1S/C16H19F3N4O.ClH/c1-10(2)6-14(20)15(24)22-12-8-21-23(9-12)13-5-3-4-11(7-13)16(17,18)19;/h3-5,7-10,14H,6,20H2,1-2H3,(H,22,24);1H/t14-;/m0./s1. The summed E-state index contributed by atoms with van der Waals surface area (Å²) in [6, 6.07) is 4.13. The summed E-state index contributed by atoms with van der Waals surface area (Å²) in [5.74, 6) is -0.0779. The lowest BCUT2D eigenvalue weighted by Crippen LogP contribution is -2.36. The van der Waals surface area contributed by atoms with Crippen LogP contribution in [0, 0.1) is 5.92 Å². The molecule has 0 aliphatic carbocycles. The Kier molecular flexibility index (Phi) is 7.01. The molecule has 25 heavy (non-hydrogen) atoms. The Morgan fingerprint density at radius 2 is 2.04 bits per heavy atom. The number of nitrogens with two attached hydrogens (primary N) is 1. The molecule has 1 aromatic heterocycles. The summed E-state index contributed by atoms with van der Waals surface area (Å²) in [5, 5.41) is 6.59. The van der Waals surface area contributed by atoms with Crippen LogP contribution in [0.3, 0.4) is 0 Å². The Bertz CT molecular complexity index is 715. The topological polar surface area (TPSA) is 72.9 Å². The summed E-state index contributed by atoms with van der Waals surface area (Å²) in [5.41, 5.74) is 5.64. The molecule has 1 heterocycles. The molecule has 9 heteroatoms. The first kappa shape index (κ1) is 21.0. The fraction of sp³-hybridized carbons (Fsp3) is 0.375. The Morgan fingerprint density at radius 3 is 2.64 bits per heavy atom. The lowest BCUT2D eigenvalue weighted by molar-refractivity contribution is -0.137. The van der Waals surface area contributed by atoms with Crippen molar-refractivity contribution in [3.05, 3.63) is 42.2 Å². The summed E-state index contributed by atoms with van der Waals surface area (Å²) < 4.78 is 39.5. The Balaban J connectivity index is 0.00000312. The zero-order valence-corrected chi connectivity index (χ0v) is 14.6. The highest BCUT2D eigenvalue weighted by Gasteiger charge is 2.30. The lowest BCUT2D eigenvalue weighted by atomic mass is 10.0. The molecular formula is C16H20ClF3N4O. The molecule has 0 bridgehead atoms. The number of nitrogens with one attached hydrogen (secondary N) is 1. The van der Waals surface area contributed by atoms with Gasteiger partial charge >= 0.3 is 6.18 Å². The second-order valence-corrected chi connectivity index (χ2v) is 5.95. The maximum atomic E-state index is 12.8. The fourth-order valence-corrected chi connectivity index (χ4v) is 2.20. The van der Waals surface area contributed by atoms with E-state index in [0.29, 0.717) is 12.1 Å². The van der Waals surface area contributed by atoms with Gasteiger partial charge in [-0.15, -0.1) is 12.4 Å². The van der Waals surface area contributed by atoms with Crippen LogP contribution >= 0.6 is 12.4 Å². The number of nitrogens with zero attached hydrogens (tertiary/aromatic N) is 2. The minimum atomic E-state index is -4.43. The number of carbonyl (C=O) groups is 1. The summed E-state index contributed by atoms with van der Waals surface area (Å²) in [6.07, 6.45) is -1.09. The highest BCUT2D eigenvalue weighted by Crippen LogP contribution is 2.30. The van der Waals surface area contributed by atoms with Gasteiger partial charge in [0, 0.05) is 0 Å². The van der Waals surface area contributed by atoms with Crippen LogP contribution in [-0.4, -0.2) is 21.7 Å². The predicted molar refractivity (Wildman–Crippen MR) is 91.9 cm³/mol. The van der Waals surface area contributed by atoms with E-state index in [1.54, 1.807) is 0 Å². The third-order valence-corrected chi connectivity index (χ3v) is 3.35. The van der Waals surface area contributed by atoms with Crippen molar-refractivity contribution < 1.29 is 18.0 Å². The van der Waals surface area contributed by atoms with E-state index in [4.69, 9.17) is 5.73 Å². The minimum Gasteiger partial charge on any atom is -0.322 e. The Morgan fingerprint density at radius 1 is 1.36 bits per heavy atom. The fourth-order valence-electron chi connectivity index (χ4n) is 2.20. The zero-order valence-electron chi connectivity index (χ0n) is 13.7. The maximum Gasteiger partial charge on any atom is 0.416 e. The molecular weight excluding hydrogens is 357 g/mol. The molecule has 138 valence electrons. The first-order valence-corrected chi connectivity index (χ1v) is 7.45. The highest BCUT2D eigenvalue weighted by molar-refractivity contribution is 5.94. The molecule has 0 saturated carbocycles. The van der Waals surface area contributed by atoms with Crippen LogP contribution in [0.15, 0.2) is 36.7 Å². The van der Waals surface area contributed by atoms with E-state index in [1.807, 2.05) is 13.8 Å². The van der Waals surface area contributed by atoms with E-state index in [1.165, 1.54) is 29.2 Å². The van der Waals surface area contributed by atoms with Crippen LogP contribution in [0.4, 0.5) is 18.9 Å². The van der Waals surface area contributed by atoms with Gasteiger partial charge in [-0.05, 0) is 30.5 Å². The largest absolute Gasteiger partial charge is 0.416 e. The van der Waals surface area contributed by atoms with Gasteiger partial charge in [0.25, 0.3) is 0 Å². The van der Waals surface area contributed by atoms with E-state index in [9.17, 15) is 18.0 Å². The van der Waals surface area contributed by atoms with Crippen LogP contribution in [0.5, 0.6) is 0 Å². The van der Waals surface area contributed by atoms with Crippen LogP contribution in [0.1, 0.15) is 25.8 Å². The van der Waals surface area contributed by atoms with Gasteiger partial charge < -0.3 is 11.1 Å². The van der Waals surface area contributed by atoms with Gasteiger partial charge in [-0.2, -0.15) is 18.3 Å². The second kappa shape index (κ2) is 8.35. The molecule has 1 aromatic carbocycles. The van der Waals surface area contributed by atoms with Crippen LogP contribution in [0.2, 0.25) is 0 Å². The zero-order chi connectivity index (χ0) is 17.9. The third kappa shape index (κ3) is 5.75. The number of carbonyl (C=O) groups excluding carboxylic acids is 1. The number of hydrogen-bond donors (Lipinski definition) is 2. The van der Waals surface area contributed by atoms with Gasteiger partial charge in [0.05, 0.1) is 35.4 Å². The quantitative estimate of drug-likeness (QED) is 0.837. The van der Waals surface area contributed by atoms with Gasteiger partial charge in [0.2, 0.25) is 5.91 Å². The number of amides is 1.